The number of methoxy groups -OCH3 is 1. The molecule has 2 aromatic carbocycles. The van der Waals surface area contributed by atoms with Crippen molar-refractivity contribution in [1.82, 2.24) is 0 Å². The molecule has 0 heterocycles. The van der Waals surface area contributed by atoms with E-state index in [1.807, 2.05) is 36.4 Å². The molecular formula is C19H17NO3. The summed E-state index contributed by atoms with van der Waals surface area (Å²) in [5.41, 5.74) is 1.89. The van der Waals surface area contributed by atoms with Gasteiger partial charge >= 0.3 is 5.97 Å². The Hall–Kier alpha value is -3.06. The zero-order valence-corrected chi connectivity index (χ0v) is 12.9. The van der Waals surface area contributed by atoms with Gasteiger partial charge in [-0.1, -0.05) is 36.4 Å². The zero-order chi connectivity index (χ0) is 16.5. The summed E-state index contributed by atoms with van der Waals surface area (Å²) in [5, 5.41) is 8.54. The van der Waals surface area contributed by atoms with Gasteiger partial charge in [0.1, 0.15) is 0 Å². The minimum absolute atomic E-state index is 0.295. The highest BCUT2D eigenvalue weighted by Gasteiger charge is 2.10. The second-order valence-electron chi connectivity index (χ2n) is 4.83. The van der Waals surface area contributed by atoms with Gasteiger partial charge < -0.3 is 9.47 Å². The zero-order valence-electron chi connectivity index (χ0n) is 12.9. The van der Waals surface area contributed by atoms with Crippen molar-refractivity contribution in [1.29, 1.82) is 5.26 Å². The number of rotatable bonds is 6. The third-order valence-corrected chi connectivity index (χ3v) is 3.22. The summed E-state index contributed by atoms with van der Waals surface area (Å²) in [7, 11) is 1.51. The molecule has 0 spiro atoms. The molecule has 0 aromatic heterocycles. The highest BCUT2D eigenvalue weighted by molar-refractivity contribution is 5.74. The summed E-state index contributed by atoms with van der Waals surface area (Å²) >= 11 is 0. The van der Waals surface area contributed by atoms with E-state index in [4.69, 9.17) is 14.7 Å². The predicted octanol–water partition coefficient (Wildman–Crippen LogP) is 3.77. The average Bonchev–Trinajstić information content (AvgIpc) is 2.60. The first-order chi connectivity index (χ1) is 11.2. The molecule has 2 aromatic rings. The van der Waals surface area contributed by atoms with Crippen LogP contribution < -0.4 is 9.47 Å². The second kappa shape index (κ2) is 8.40. The Labute approximate surface area is 135 Å². The van der Waals surface area contributed by atoms with Gasteiger partial charge in [0, 0.05) is 12.5 Å². The summed E-state index contributed by atoms with van der Waals surface area (Å²) in [5.74, 6) is 0.519. The predicted molar refractivity (Wildman–Crippen MR) is 88.0 cm³/mol. The quantitative estimate of drug-likeness (QED) is 0.463. The Bertz CT molecular complexity index is 730. The molecular weight excluding hydrogens is 290 g/mol. The number of ether oxygens (including phenoxy) is 2. The van der Waals surface area contributed by atoms with Crippen molar-refractivity contribution >= 4 is 12.0 Å². The number of nitrogens with zero attached hydrogens (tertiary/aromatic N) is 1. The third kappa shape index (κ3) is 5.01. The van der Waals surface area contributed by atoms with E-state index in [1.54, 1.807) is 24.3 Å². The minimum Gasteiger partial charge on any atom is -0.493 e. The van der Waals surface area contributed by atoms with Crippen LogP contribution >= 0.6 is 0 Å². The fourth-order valence-electron chi connectivity index (χ4n) is 2.07. The topological polar surface area (TPSA) is 59.3 Å². The number of esters is 1. The fraction of sp³-hybridized carbons (Fsp3) is 0.158. The van der Waals surface area contributed by atoms with Crippen molar-refractivity contribution in [2.24, 2.45) is 0 Å². The van der Waals surface area contributed by atoms with E-state index in [0.29, 0.717) is 24.3 Å². The Balaban J connectivity index is 2.00. The number of benzene rings is 2. The first-order valence-corrected chi connectivity index (χ1v) is 7.21. The number of allylic oxidation sites excluding steroid dienone is 1. The number of hydrogen-bond acceptors (Lipinski definition) is 4. The molecule has 0 fully saturated rings. The van der Waals surface area contributed by atoms with Crippen LogP contribution in [-0.2, 0) is 11.2 Å². The van der Waals surface area contributed by atoms with E-state index in [0.717, 1.165) is 11.1 Å². The van der Waals surface area contributed by atoms with E-state index in [-0.39, 0.29) is 5.97 Å². The third-order valence-electron chi connectivity index (χ3n) is 3.22. The van der Waals surface area contributed by atoms with Gasteiger partial charge in [-0.3, -0.25) is 4.79 Å². The van der Waals surface area contributed by atoms with Crippen LogP contribution in [0.4, 0.5) is 0 Å². The number of nitriles is 1. The Morgan fingerprint density at radius 3 is 2.65 bits per heavy atom. The van der Waals surface area contributed by atoms with E-state index in [2.05, 4.69) is 0 Å². The van der Waals surface area contributed by atoms with Crippen molar-refractivity contribution in [2.45, 2.75) is 12.8 Å². The molecule has 0 radical (unpaired) electrons. The van der Waals surface area contributed by atoms with Crippen LogP contribution in [-0.4, -0.2) is 13.1 Å². The van der Waals surface area contributed by atoms with Crippen LogP contribution in [0.5, 0.6) is 11.5 Å². The van der Waals surface area contributed by atoms with Crippen molar-refractivity contribution in [3.05, 3.63) is 65.7 Å². The lowest BCUT2D eigenvalue weighted by Gasteiger charge is -2.10. The summed E-state index contributed by atoms with van der Waals surface area (Å²) in [6, 6.07) is 16.8. The van der Waals surface area contributed by atoms with Gasteiger partial charge in [0.15, 0.2) is 11.5 Å². The van der Waals surface area contributed by atoms with Crippen molar-refractivity contribution in [3.8, 4) is 17.6 Å². The average molecular weight is 307 g/mol. The van der Waals surface area contributed by atoms with Gasteiger partial charge in [-0.05, 0) is 35.8 Å². The second-order valence-corrected chi connectivity index (χ2v) is 4.83. The van der Waals surface area contributed by atoms with Gasteiger partial charge in [-0.2, -0.15) is 5.26 Å². The fourth-order valence-corrected chi connectivity index (χ4v) is 2.07. The molecule has 0 unspecified atom stereocenters. The summed E-state index contributed by atoms with van der Waals surface area (Å²) in [6.45, 7) is 0. The molecule has 0 saturated carbocycles. The van der Waals surface area contributed by atoms with Crippen LogP contribution in [0.15, 0.2) is 54.6 Å². The maximum Gasteiger partial charge on any atom is 0.311 e. The normalized spacial score (nSPS) is 10.3. The SMILES string of the molecule is COc1cc(/C=C\C#N)ccc1OC(=O)CCc1ccccc1. The first-order valence-electron chi connectivity index (χ1n) is 7.21. The molecule has 0 aliphatic rings. The number of carbonyl (C=O) groups excluding carboxylic acids is 1. The lowest BCUT2D eigenvalue weighted by Crippen LogP contribution is -2.09. The molecule has 0 aliphatic heterocycles. The highest BCUT2D eigenvalue weighted by atomic mass is 16.6. The van der Waals surface area contributed by atoms with Crippen LogP contribution in [0.1, 0.15) is 17.5 Å². The van der Waals surface area contributed by atoms with E-state index >= 15 is 0 Å². The van der Waals surface area contributed by atoms with Crippen LogP contribution in [0, 0.1) is 11.3 Å². The van der Waals surface area contributed by atoms with Gasteiger partial charge in [-0.15, -0.1) is 0 Å². The lowest BCUT2D eigenvalue weighted by molar-refractivity contribution is -0.134. The number of aryl methyl sites for hydroxylation is 1. The standard InChI is InChI=1S/C19H17NO3/c1-22-18-14-16(8-5-13-20)9-11-17(18)23-19(21)12-10-15-6-3-2-4-7-15/h2-9,11,14H,10,12H2,1H3/b8-5-. The monoisotopic (exact) mass is 307 g/mol. The Morgan fingerprint density at radius 1 is 1.17 bits per heavy atom. The summed E-state index contributed by atoms with van der Waals surface area (Å²) in [6.07, 6.45) is 3.96. The molecule has 0 saturated heterocycles. The van der Waals surface area contributed by atoms with Crippen molar-refractivity contribution < 1.29 is 14.3 Å². The molecule has 4 heteroatoms. The molecule has 0 aliphatic carbocycles. The molecule has 0 atom stereocenters. The first kappa shape index (κ1) is 16.3. The molecule has 0 bridgehead atoms. The molecule has 23 heavy (non-hydrogen) atoms. The smallest absolute Gasteiger partial charge is 0.311 e. The van der Waals surface area contributed by atoms with E-state index in [1.165, 1.54) is 13.2 Å². The molecule has 2 rings (SSSR count). The largest absolute Gasteiger partial charge is 0.493 e. The molecule has 0 N–H and O–H groups in total. The number of carbonyl (C=O) groups is 1. The molecule has 116 valence electrons. The maximum absolute atomic E-state index is 12.0. The van der Waals surface area contributed by atoms with Gasteiger partial charge in [-0.25, -0.2) is 0 Å². The molecule has 0 amide bonds. The Morgan fingerprint density at radius 2 is 1.96 bits per heavy atom. The number of hydrogen-bond donors (Lipinski definition) is 0. The van der Waals surface area contributed by atoms with Gasteiger partial charge in [0.2, 0.25) is 0 Å². The van der Waals surface area contributed by atoms with E-state index in [9.17, 15) is 4.79 Å². The summed E-state index contributed by atoms with van der Waals surface area (Å²) in [4.78, 5) is 12.0. The summed E-state index contributed by atoms with van der Waals surface area (Å²) < 4.78 is 10.6. The van der Waals surface area contributed by atoms with Crippen LogP contribution in [0.25, 0.3) is 6.08 Å². The van der Waals surface area contributed by atoms with Crippen molar-refractivity contribution in [3.63, 3.8) is 0 Å². The minimum atomic E-state index is -0.313. The van der Waals surface area contributed by atoms with E-state index < -0.39 is 0 Å². The van der Waals surface area contributed by atoms with Crippen LogP contribution in [0.2, 0.25) is 0 Å². The maximum atomic E-state index is 12.0. The van der Waals surface area contributed by atoms with Gasteiger partial charge in [0.25, 0.3) is 0 Å². The van der Waals surface area contributed by atoms with Crippen LogP contribution in [0.3, 0.4) is 0 Å². The molecule has 4 nitrogen and oxygen atoms in total. The van der Waals surface area contributed by atoms with Gasteiger partial charge in [0.05, 0.1) is 13.2 Å². The Kier molecular flexibility index (Phi) is 5.96. The highest BCUT2D eigenvalue weighted by Crippen LogP contribution is 2.29. The van der Waals surface area contributed by atoms with Crippen molar-refractivity contribution in [2.75, 3.05) is 7.11 Å². The lowest BCUT2D eigenvalue weighted by atomic mass is 10.1.